The molecule has 2 unspecified atom stereocenters. The number of ether oxygens (including phenoxy) is 1. The van der Waals surface area contributed by atoms with Crippen LogP contribution in [0.2, 0.25) is 0 Å². The SMILES string of the molecule is O=C(CC1CNCCO1)NC(=O)NC1CCc2ccccc21. The number of aryl methyl sites for hydroxylation is 1. The van der Waals surface area contributed by atoms with Gasteiger partial charge in [-0.3, -0.25) is 10.1 Å². The molecule has 0 aromatic heterocycles. The zero-order chi connectivity index (χ0) is 15.4. The zero-order valence-corrected chi connectivity index (χ0v) is 12.4. The van der Waals surface area contributed by atoms with Crippen LogP contribution in [0.25, 0.3) is 0 Å². The molecule has 6 heteroatoms. The molecule has 1 saturated heterocycles. The molecule has 1 aliphatic carbocycles. The minimum Gasteiger partial charge on any atom is -0.375 e. The van der Waals surface area contributed by atoms with E-state index in [-0.39, 0.29) is 24.5 Å². The van der Waals surface area contributed by atoms with Crippen molar-refractivity contribution >= 4 is 11.9 Å². The number of fused-ring (bicyclic) bond motifs is 1. The summed E-state index contributed by atoms with van der Waals surface area (Å²) in [5, 5.41) is 8.42. The molecule has 1 fully saturated rings. The van der Waals surface area contributed by atoms with Crippen LogP contribution >= 0.6 is 0 Å². The van der Waals surface area contributed by atoms with E-state index in [2.05, 4.69) is 22.0 Å². The largest absolute Gasteiger partial charge is 0.375 e. The number of carbonyl (C=O) groups is 2. The third-order valence-electron chi connectivity index (χ3n) is 4.11. The Bertz CT molecular complexity index is 555. The molecule has 1 aliphatic heterocycles. The first-order valence-electron chi connectivity index (χ1n) is 7.73. The first kappa shape index (κ1) is 15.0. The smallest absolute Gasteiger partial charge is 0.321 e. The maximum Gasteiger partial charge on any atom is 0.321 e. The molecule has 1 aromatic rings. The van der Waals surface area contributed by atoms with Gasteiger partial charge in [0.2, 0.25) is 5.91 Å². The van der Waals surface area contributed by atoms with Gasteiger partial charge in [-0.2, -0.15) is 0 Å². The van der Waals surface area contributed by atoms with E-state index in [1.807, 2.05) is 18.2 Å². The fourth-order valence-electron chi connectivity index (χ4n) is 3.04. The fraction of sp³-hybridized carbons (Fsp3) is 0.500. The molecule has 3 N–H and O–H groups in total. The van der Waals surface area contributed by atoms with Crippen LogP contribution < -0.4 is 16.0 Å². The van der Waals surface area contributed by atoms with Crippen molar-refractivity contribution in [3.8, 4) is 0 Å². The van der Waals surface area contributed by atoms with E-state index < -0.39 is 6.03 Å². The quantitative estimate of drug-likeness (QED) is 0.774. The van der Waals surface area contributed by atoms with Crippen molar-refractivity contribution in [1.82, 2.24) is 16.0 Å². The number of carbonyl (C=O) groups excluding carboxylic acids is 2. The summed E-state index contributed by atoms with van der Waals surface area (Å²) >= 11 is 0. The van der Waals surface area contributed by atoms with Crippen molar-refractivity contribution in [3.63, 3.8) is 0 Å². The van der Waals surface area contributed by atoms with Gasteiger partial charge in [0.05, 0.1) is 25.2 Å². The maximum absolute atomic E-state index is 12.0. The van der Waals surface area contributed by atoms with Crippen LogP contribution in [0.3, 0.4) is 0 Å². The summed E-state index contributed by atoms with van der Waals surface area (Å²) in [4.78, 5) is 23.8. The molecule has 6 nitrogen and oxygen atoms in total. The highest BCUT2D eigenvalue weighted by molar-refractivity contribution is 5.94. The Morgan fingerprint density at radius 3 is 3.00 bits per heavy atom. The average molecular weight is 303 g/mol. The lowest BCUT2D eigenvalue weighted by atomic mass is 10.1. The highest BCUT2D eigenvalue weighted by Crippen LogP contribution is 2.30. The highest BCUT2D eigenvalue weighted by Gasteiger charge is 2.24. The average Bonchev–Trinajstić information content (AvgIpc) is 2.91. The van der Waals surface area contributed by atoms with Crippen LogP contribution in [0.4, 0.5) is 4.79 Å². The van der Waals surface area contributed by atoms with Gasteiger partial charge in [-0.05, 0) is 24.0 Å². The Labute approximate surface area is 129 Å². The molecule has 0 radical (unpaired) electrons. The van der Waals surface area contributed by atoms with Gasteiger partial charge in [0.25, 0.3) is 0 Å². The highest BCUT2D eigenvalue weighted by atomic mass is 16.5. The molecular formula is C16H21N3O3. The molecular weight excluding hydrogens is 282 g/mol. The van der Waals surface area contributed by atoms with Crippen molar-refractivity contribution in [2.75, 3.05) is 19.7 Å². The number of amides is 3. The van der Waals surface area contributed by atoms with Crippen LogP contribution in [0, 0.1) is 0 Å². The summed E-state index contributed by atoms with van der Waals surface area (Å²) in [6.45, 7) is 2.05. The van der Waals surface area contributed by atoms with Gasteiger partial charge in [-0.25, -0.2) is 4.79 Å². The van der Waals surface area contributed by atoms with Gasteiger partial charge in [-0.15, -0.1) is 0 Å². The summed E-state index contributed by atoms with van der Waals surface area (Å²) in [7, 11) is 0. The van der Waals surface area contributed by atoms with Crippen molar-refractivity contribution in [3.05, 3.63) is 35.4 Å². The number of rotatable bonds is 3. The zero-order valence-electron chi connectivity index (χ0n) is 12.4. The summed E-state index contributed by atoms with van der Waals surface area (Å²) in [6, 6.07) is 7.62. The van der Waals surface area contributed by atoms with E-state index in [4.69, 9.17) is 4.74 Å². The van der Waals surface area contributed by atoms with Crippen LogP contribution in [0.15, 0.2) is 24.3 Å². The Kier molecular flexibility index (Phi) is 4.70. The third kappa shape index (κ3) is 3.64. The maximum atomic E-state index is 12.0. The monoisotopic (exact) mass is 303 g/mol. The normalized spacial score (nSPS) is 23.6. The number of imide groups is 1. The minimum atomic E-state index is -0.435. The van der Waals surface area contributed by atoms with Gasteiger partial charge in [0.15, 0.2) is 0 Å². The molecule has 3 amide bonds. The van der Waals surface area contributed by atoms with Crippen LogP contribution in [0.1, 0.15) is 30.0 Å². The topological polar surface area (TPSA) is 79.5 Å². The summed E-state index contributed by atoms with van der Waals surface area (Å²) in [5.74, 6) is -0.308. The molecule has 3 rings (SSSR count). The first-order chi connectivity index (χ1) is 10.7. The Morgan fingerprint density at radius 1 is 1.32 bits per heavy atom. The second kappa shape index (κ2) is 6.89. The Hall–Kier alpha value is -1.92. The van der Waals surface area contributed by atoms with Crippen molar-refractivity contribution in [2.24, 2.45) is 0 Å². The van der Waals surface area contributed by atoms with Gasteiger partial charge in [0, 0.05) is 13.1 Å². The number of urea groups is 1. The predicted octanol–water partition coefficient (Wildman–Crippen LogP) is 0.878. The van der Waals surface area contributed by atoms with Crippen LogP contribution in [0.5, 0.6) is 0 Å². The predicted molar refractivity (Wildman–Crippen MR) is 81.4 cm³/mol. The van der Waals surface area contributed by atoms with Gasteiger partial charge in [-0.1, -0.05) is 24.3 Å². The number of morpholine rings is 1. The molecule has 2 atom stereocenters. The third-order valence-corrected chi connectivity index (χ3v) is 4.11. The van der Waals surface area contributed by atoms with Crippen LogP contribution in [-0.4, -0.2) is 37.7 Å². The number of hydrogen-bond donors (Lipinski definition) is 3. The number of benzene rings is 1. The number of nitrogens with one attached hydrogen (secondary N) is 3. The standard InChI is InChI=1S/C16H21N3O3/c20-15(9-12-10-17-7-8-22-12)19-16(21)18-14-6-5-11-3-1-2-4-13(11)14/h1-4,12,14,17H,5-10H2,(H2,18,19,20,21). The molecule has 1 heterocycles. The summed E-state index contributed by atoms with van der Waals surface area (Å²) in [6.07, 6.45) is 1.86. The molecule has 0 spiro atoms. The summed E-state index contributed by atoms with van der Waals surface area (Å²) < 4.78 is 5.46. The van der Waals surface area contributed by atoms with Crippen molar-refractivity contribution in [1.29, 1.82) is 0 Å². The minimum absolute atomic E-state index is 0.0170. The number of hydrogen-bond acceptors (Lipinski definition) is 4. The molecule has 1 aromatic carbocycles. The molecule has 22 heavy (non-hydrogen) atoms. The molecule has 0 bridgehead atoms. The van der Waals surface area contributed by atoms with Crippen molar-refractivity contribution in [2.45, 2.75) is 31.4 Å². The van der Waals surface area contributed by atoms with Gasteiger partial charge >= 0.3 is 6.03 Å². The lowest BCUT2D eigenvalue weighted by molar-refractivity contribution is -0.123. The molecule has 0 saturated carbocycles. The van der Waals surface area contributed by atoms with E-state index in [0.717, 1.165) is 24.9 Å². The first-order valence-corrected chi connectivity index (χ1v) is 7.73. The van der Waals surface area contributed by atoms with Crippen molar-refractivity contribution < 1.29 is 14.3 Å². The molecule has 118 valence electrons. The second-order valence-electron chi connectivity index (χ2n) is 5.71. The van der Waals surface area contributed by atoms with E-state index in [1.54, 1.807) is 0 Å². The van der Waals surface area contributed by atoms with Gasteiger partial charge in [0.1, 0.15) is 0 Å². The van der Waals surface area contributed by atoms with E-state index in [1.165, 1.54) is 5.56 Å². The molecule has 2 aliphatic rings. The summed E-state index contributed by atoms with van der Waals surface area (Å²) in [5.41, 5.74) is 2.41. The van der Waals surface area contributed by atoms with Crippen LogP contribution in [-0.2, 0) is 16.0 Å². The van der Waals surface area contributed by atoms with Gasteiger partial charge < -0.3 is 15.4 Å². The van der Waals surface area contributed by atoms with E-state index >= 15 is 0 Å². The lowest BCUT2D eigenvalue weighted by Gasteiger charge is -2.23. The van der Waals surface area contributed by atoms with E-state index in [0.29, 0.717) is 13.2 Å². The Balaban J connectivity index is 1.47. The second-order valence-corrected chi connectivity index (χ2v) is 5.71. The fourth-order valence-corrected chi connectivity index (χ4v) is 3.04. The lowest BCUT2D eigenvalue weighted by Crippen LogP contribution is -2.45. The Morgan fingerprint density at radius 2 is 2.18 bits per heavy atom. The van der Waals surface area contributed by atoms with E-state index in [9.17, 15) is 9.59 Å².